The van der Waals surface area contributed by atoms with E-state index in [2.05, 4.69) is 11.9 Å². The molecule has 1 aromatic rings. The predicted molar refractivity (Wildman–Crippen MR) is 118 cm³/mol. The second-order valence-corrected chi connectivity index (χ2v) is 8.12. The summed E-state index contributed by atoms with van der Waals surface area (Å²) in [5, 5.41) is 0. The summed E-state index contributed by atoms with van der Waals surface area (Å²) in [4.78, 5) is 50.5. The smallest absolute Gasteiger partial charge is 0.330 e. The van der Waals surface area contributed by atoms with E-state index in [0.717, 1.165) is 19.3 Å². The number of H-pyrrole nitrogens is 1. The minimum atomic E-state index is -0.734. The van der Waals surface area contributed by atoms with E-state index in [1.165, 1.54) is 30.0 Å². The van der Waals surface area contributed by atoms with Crippen LogP contribution in [0.4, 0.5) is 0 Å². The Kier molecular flexibility index (Phi) is 10.7. The number of hydrogen-bond donors (Lipinski definition) is 1. The number of rotatable bonds is 13. The number of ether oxygens (including phenoxy) is 3. The molecule has 32 heavy (non-hydrogen) atoms. The lowest BCUT2D eigenvalue weighted by Gasteiger charge is -2.18. The lowest BCUT2D eigenvalue weighted by molar-refractivity contribution is -0.157. The first-order chi connectivity index (χ1) is 15.4. The molecule has 3 atom stereocenters. The van der Waals surface area contributed by atoms with Gasteiger partial charge in [-0.25, -0.2) is 4.79 Å². The molecule has 0 radical (unpaired) electrons. The zero-order chi connectivity index (χ0) is 23.5. The van der Waals surface area contributed by atoms with Gasteiger partial charge in [0.15, 0.2) is 0 Å². The molecule has 2 heterocycles. The molecule has 0 aliphatic carbocycles. The van der Waals surface area contributed by atoms with Crippen LogP contribution in [0.15, 0.2) is 15.8 Å². The molecule has 0 saturated carbocycles. The summed E-state index contributed by atoms with van der Waals surface area (Å²) < 4.78 is 17.9. The summed E-state index contributed by atoms with van der Waals surface area (Å²) in [6.45, 7) is 5.46. The van der Waals surface area contributed by atoms with Crippen LogP contribution in [-0.4, -0.2) is 40.3 Å². The Morgan fingerprint density at radius 2 is 1.75 bits per heavy atom. The molecule has 1 N–H and O–H groups in total. The van der Waals surface area contributed by atoms with Crippen LogP contribution in [0.5, 0.6) is 0 Å². The monoisotopic (exact) mass is 452 g/mol. The Bertz CT molecular complexity index is 861. The first-order valence-corrected chi connectivity index (χ1v) is 11.7. The quantitative estimate of drug-likeness (QED) is 0.361. The van der Waals surface area contributed by atoms with Crippen molar-refractivity contribution in [1.82, 2.24) is 9.55 Å². The van der Waals surface area contributed by atoms with E-state index in [-0.39, 0.29) is 37.4 Å². The fourth-order valence-electron chi connectivity index (χ4n) is 3.69. The molecule has 0 amide bonds. The third-order valence-electron chi connectivity index (χ3n) is 5.60. The van der Waals surface area contributed by atoms with Crippen molar-refractivity contribution in [3.8, 4) is 0 Å². The van der Waals surface area contributed by atoms with Crippen molar-refractivity contribution in [3.63, 3.8) is 0 Å². The highest BCUT2D eigenvalue weighted by atomic mass is 16.6. The van der Waals surface area contributed by atoms with Gasteiger partial charge in [0.2, 0.25) is 0 Å². The Balaban J connectivity index is 2.10. The maximum atomic E-state index is 12.5. The SMILES string of the molecule is CCCCCCCCc1cn([C@H]2C[C@H](OC(=O)CC)[C@@H](COC(=O)CC)O2)c(=O)[nH]c1=O. The summed E-state index contributed by atoms with van der Waals surface area (Å²) in [5.74, 6) is -0.788. The standard InChI is InChI=1S/C23H36N2O7/c1-4-7-8-9-10-11-12-16-14-25(23(29)24-22(16)28)19-13-17(32-21(27)6-3)18(31-19)15-30-20(26)5-2/h14,17-19H,4-13,15H2,1-3H3,(H,24,28,29)/t17-,18+,19+/m0/s1. The maximum absolute atomic E-state index is 12.5. The lowest BCUT2D eigenvalue weighted by Crippen LogP contribution is -2.34. The summed E-state index contributed by atoms with van der Waals surface area (Å²) >= 11 is 0. The highest BCUT2D eigenvalue weighted by molar-refractivity contribution is 5.69. The number of esters is 2. The van der Waals surface area contributed by atoms with Gasteiger partial charge in [-0.15, -0.1) is 0 Å². The second kappa shape index (κ2) is 13.2. The minimum absolute atomic E-state index is 0.0758. The molecule has 180 valence electrons. The lowest BCUT2D eigenvalue weighted by atomic mass is 10.1. The largest absolute Gasteiger partial charge is 0.463 e. The Labute approximate surface area is 188 Å². The van der Waals surface area contributed by atoms with Crippen molar-refractivity contribution in [3.05, 3.63) is 32.6 Å². The van der Waals surface area contributed by atoms with Crippen molar-refractivity contribution in [2.45, 2.75) is 103 Å². The number of carbonyl (C=O) groups is 2. The van der Waals surface area contributed by atoms with Crippen LogP contribution in [0.2, 0.25) is 0 Å². The first-order valence-electron chi connectivity index (χ1n) is 11.7. The van der Waals surface area contributed by atoms with Crippen molar-refractivity contribution in [2.75, 3.05) is 6.61 Å². The molecule has 9 nitrogen and oxygen atoms in total. The average molecular weight is 453 g/mol. The van der Waals surface area contributed by atoms with E-state index in [0.29, 0.717) is 12.0 Å². The van der Waals surface area contributed by atoms with E-state index >= 15 is 0 Å². The number of aromatic nitrogens is 2. The first kappa shape index (κ1) is 25.8. The number of unbranched alkanes of at least 4 members (excludes halogenated alkanes) is 5. The van der Waals surface area contributed by atoms with Gasteiger partial charge >= 0.3 is 17.6 Å². The van der Waals surface area contributed by atoms with Crippen molar-refractivity contribution in [1.29, 1.82) is 0 Å². The third-order valence-corrected chi connectivity index (χ3v) is 5.60. The topological polar surface area (TPSA) is 117 Å². The molecule has 2 rings (SSSR count). The van der Waals surface area contributed by atoms with Gasteiger partial charge in [-0.3, -0.25) is 23.9 Å². The van der Waals surface area contributed by atoms with E-state index in [4.69, 9.17) is 14.2 Å². The van der Waals surface area contributed by atoms with Crippen LogP contribution in [0.1, 0.15) is 90.3 Å². The van der Waals surface area contributed by atoms with Crippen molar-refractivity contribution >= 4 is 11.9 Å². The van der Waals surface area contributed by atoms with Gasteiger partial charge in [-0.2, -0.15) is 0 Å². The maximum Gasteiger partial charge on any atom is 0.330 e. The number of nitrogens with one attached hydrogen (secondary N) is 1. The zero-order valence-electron chi connectivity index (χ0n) is 19.4. The molecule has 0 unspecified atom stereocenters. The number of carbonyl (C=O) groups excluding carboxylic acids is 2. The van der Waals surface area contributed by atoms with Crippen molar-refractivity contribution < 1.29 is 23.8 Å². The Hall–Kier alpha value is -2.42. The Morgan fingerprint density at radius 1 is 1.06 bits per heavy atom. The molecule has 1 saturated heterocycles. The van der Waals surface area contributed by atoms with Crippen molar-refractivity contribution in [2.24, 2.45) is 0 Å². The minimum Gasteiger partial charge on any atom is -0.463 e. The fraction of sp³-hybridized carbons (Fsp3) is 0.739. The number of aromatic amines is 1. The van der Waals surface area contributed by atoms with Crippen LogP contribution >= 0.6 is 0 Å². The van der Waals surface area contributed by atoms with E-state index < -0.39 is 30.1 Å². The highest BCUT2D eigenvalue weighted by Gasteiger charge is 2.40. The molecule has 1 fully saturated rings. The fourth-order valence-corrected chi connectivity index (χ4v) is 3.69. The highest BCUT2D eigenvalue weighted by Crippen LogP contribution is 2.30. The molecular formula is C23H36N2O7. The van der Waals surface area contributed by atoms with Gasteiger partial charge in [0.1, 0.15) is 25.0 Å². The summed E-state index contributed by atoms with van der Waals surface area (Å²) in [6, 6.07) is 0. The van der Waals surface area contributed by atoms with Crippen LogP contribution in [-0.2, 0) is 30.2 Å². The summed E-state index contributed by atoms with van der Waals surface area (Å²) in [7, 11) is 0. The van der Waals surface area contributed by atoms with Gasteiger partial charge in [0, 0.05) is 31.0 Å². The second-order valence-electron chi connectivity index (χ2n) is 8.12. The molecule has 0 spiro atoms. The van der Waals surface area contributed by atoms with E-state index in [9.17, 15) is 19.2 Å². The molecule has 1 aromatic heterocycles. The zero-order valence-corrected chi connectivity index (χ0v) is 19.4. The Morgan fingerprint density at radius 3 is 2.44 bits per heavy atom. The van der Waals surface area contributed by atoms with Gasteiger partial charge in [-0.1, -0.05) is 52.9 Å². The van der Waals surface area contributed by atoms with Gasteiger partial charge in [0.05, 0.1) is 0 Å². The number of nitrogens with zero attached hydrogens (tertiary/aromatic N) is 1. The molecule has 0 bridgehead atoms. The van der Waals surface area contributed by atoms with Gasteiger partial charge in [0.25, 0.3) is 5.56 Å². The van der Waals surface area contributed by atoms with Gasteiger partial charge < -0.3 is 14.2 Å². The molecule has 0 aromatic carbocycles. The summed E-state index contributed by atoms with van der Waals surface area (Å²) in [5.41, 5.74) is -0.453. The van der Waals surface area contributed by atoms with Crippen LogP contribution < -0.4 is 11.2 Å². The average Bonchev–Trinajstić information content (AvgIpc) is 3.17. The third kappa shape index (κ3) is 7.62. The molecule has 1 aliphatic heterocycles. The normalized spacial score (nSPS) is 20.3. The van der Waals surface area contributed by atoms with Gasteiger partial charge in [-0.05, 0) is 12.8 Å². The van der Waals surface area contributed by atoms with Crippen LogP contribution in [0.25, 0.3) is 0 Å². The van der Waals surface area contributed by atoms with E-state index in [1.807, 2.05) is 0 Å². The van der Waals surface area contributed by atoms with Crippen LogP contribution in [0.3, 0.4) is 0 Å². The number of aryl methyl sites for hydroxylation is 1. The molecule has 9 heteroatoms. The van der Waals surface area contributed by atoms with Crippen LogP contribution in [0, 0.1) is 0 Å². The number of hydrogen-bond acceptors (Lipinski definition) is 7. The van der Waals surface area contributed by atoms with E-state index in [1.54, 1.807) is 13.8 Å². The predicted octanol–water partition coefficient (Wildman–Crippen LogP) is 3.00. The molecule has 1 aliphatic rings. The molecular weight excluding hydrogens is 416 g/mol. The summed E-state index contributed by atoms with van der Waals surface area (Å²) in [6.07, 6.45) is 7.26.